The summed E-state index contributed by atoms with van der Waals surface area (Å²) in [5.74, 6) is -0.150. The molecule has 0 radical (unpaired) electrons. The van der Waals surface area contributed by atoms with E-state index >= 15 is 0 Å². The smallest absolute Gasteiger partial charge is 0.248 e. The minimum Gasteiger partial charge on any atom is -0.368 e. The normalized spacial score (nSPS) is 10.5. The van der Waals surface area contributed by atoms with E-state index in [-0.39, 0.29) is 23.4 Å². The van der Waals surface area contributed by atoms with Crippen LogP contribution in [0.4, 0.5) is 22.0 Å². The molecule has 0 atom stereocenters. The number of ketones is 1. The Morgan fingerprint density at radius 1 is 1.17 bits per heavy atom. The van der Waals surface area contributed by atoms with E-state index in [9.17, 15) is 9.18 Å². The highest BCUT2D eigenvalue weighted by atomic mass is 19.1. The summed E-state index contributed by atoms with van der Waals surface area (Å²) in [4.78, 5) is 15.3. The van der Waals surface area contributed by atoms with Crippen LogP contribution in [-0.2, 0) is 0 Å². The SMILES string of the molecule is CC(=O)c1ccc(Nc2nc(N)n(-c3ccccc3F)n2)cc1. The molecule has 0 unspecified atom stereocenters. The number of para-hydroxylation sites is 1. The first-order chi connectivity index (χ1) is 11.0. The third-order valence-corrected chi connectivity index (χ3v) is 3.26. The summed E-state index contributed by atoms with van der Waals surface area (Å²) in [6, 6.07) is 13.0. The molecule has 0 aliphatic carbocycles. The van der Waals surface area contributed by atoms with E-state index in [2.05, 4.69) is 15.4 Å². The molecule has 0 saturated heterocycles. The van der Waals surface area contributed by atoms with Gasteiger partial charge in [0.15, 0.2) is 5.78 Å². The number of nitrogens with two attached hydrogens (primary N) is 1. The van der Waals surface area contributed by atoms with Crippen LogP contribution in [0.3, 0.4) is 0 Å². The molecule has 1 heterocycles. The first-order valence-corrected chi connectivity index (χ1v) is 6.90. The van der Waals surface area contributed by atoms with Crippen LogP contribution in [0.1, 0.15) is 17.3 Å². The summed E-state index contributed by atoms with van der Waals surface area (Å²) in [6.45, 7) is 1.50. The predicted molar refractivity (Wildman–Crippen MR) is 85.5 cm³/mol. The Kier molecular flexibility index (Phi) is 3.76. The maximum Gasteiger partial charge on any atom is 0.248 e. The van der Waals surface area contributed by atoms with Crippen molar-refractivity contribution in [1.29, 1.82) is 0 Å². The zero-order chi connectivity index (χ0) is 16.4. The van der Waals surface area contributed by atoms with Crippen molar-refractivity contribution in [3.8, 4) is 5.69 Å². The summed E-state index contributed by atoms with van der Waals surface area (Å²) in [6.07, 6.45) is 0. The second-order valence-corrected chi connectivity index (χ2v) is 4.92. The number of hydrogen-bond donors (Lipinski definition) is 2. The number of carbonyl (C=O) groups is 1. The number of anilines is 3. The lowest BCUT2D eigenvalue weighted by Gasteiger charge is -2.03. The Morgan fingerprint density at radius 2 is 1.87 bits per heavy atom. The third-order valence-electron chi connectivity index (χ3n) is 3.26. The van der Waals surface area contributed by atoms with Crippen molar-refractivity contribution in [2.45, 2.75) is 6.92 Å². The van der Waals surface area contributed by atoms with Gasteiger partial charge >= 0.3 is 0 Å². The van der Waals surface area contributed by atoms with E-state index in [1.165, 1.54) is 17.7 Å². The molecule has 0 aliphatic rings. The predicted octanol–water partition coefficient (Wildman–Crippen LogP) is 2.93. The van der Waals surface area contributed by atoms with E-state index in [0.717, 1.165) is 0 Å². The van der Waals surface area contributed by atoms with Gasteiger partial charge in [-0.3, -0.25) is 4.79 Å². The van der Waals surface area contributed by atoms with E-state index < -0.39 is 5.82 Å². The largest absolute Gasteiger partial charge is 0.368 e. The number of halogens is 1. The highest BCUT2D eigenvalue weighted by Gasteiger charge is 2.12. The Morgan fingerprint density at radius 3 is 2.52 bits per heavy atom. The van der Waals surface area contributed by atoms with Crippen LogP contribution in [0.15, 0.2) is 48.5 Å². The van der Waals surface area contributed by atoms with Crippen molar-refractivity contribution >= 4 is 23.4 Å². The molecule has 0 amide bonds. The van der Waals surface area contributed by atoms with Gasteiger partial charge in [-0.2, -0.15) is 9.67 Å². The second kappa shape index (κ2) is 5.88. The van der Waals surface area contributed by atoms with Gasteiger partial charge in [0.25, 0.3) is 0 Å². The second-order valence-electron chi connectivity index (χ2n) is 4.92. The van der Waals surface area contributed by atoms with Gasteiger partial charge < -0.3 is 11.1 Å². The first kappa shape index (κ1) is 14.7. The van der Waals surface area contributed by atoms with Gasteiger partial charge in [-0.1, -0.05) is 12.1 Å². The summed E-state index contributed by atoms with van der Waals surface area (Å²) in [5.41, 5.74) is 7.32. The lowest BCUT2D eigenvalue weighted by Crippen LogP contribution is -2.04. The first-order valence-electron chi connectivity index (χ1n) is 6.90. The van der Waals surface area contributed by atoms with Crippen LogP contribution in [0, 0.1) is 5.82 Å². The molecule has 116 valence electrons. The van der Waals surface area contributed by atoms with E-state index in [4.69, 9.17) is 5.73 Å². The van der Waals surface area contributed by atoms with Crippen molar-refractivity contribution in [2.75, 3.05) is 11.1 Å². The van der Waals surface area contributed by atoms with Gasteiger partial charge in [-0.05, 0) is 43.3 Å². The summed E-state index contributed by atoms with van der Waals surface area (Å²) >= 11 is 0. The van der Waals surface area contributed by atoms with E-state index in [1.807, 2.05) is 0 Å². The van der Waals surface area contributed by atoms with Crippen molar-refractivity contribution in [2.24, 2.45) is 0 Å². The minimum atomic E-state index is -0.443. The van der Waals surface area contributed by atoms with Gasteiger partial charge in [-0.15, -0.1) is 5.10 Å². The Labute approximate surface area is 131 Å². The highest BCUT2D eigenvalue weighted by Crippen LogP contribution is 2.19. The van der Waals surface area contributed by atoms with Crippen molar-refractivity contribution in [3.05, 3.63) is 59.9 Å². The Balaban J connectivity index is 1.86. The van der Waals surface area contributed by atoms with Crippen LogP contribution in [0.5, 0.6) is 0 Å². The third kappa shape index (κ3) is 3.03. The molecule has 3 rings (SSSR count). The Hall–Kier alpha value is -3.22. The highest BCUT2D eigenvalue weighted by molar-refractivity contribution is 5.94. The molecule has 0 saturated carbocycles. The molecular weight excluding hydrogens is 297 g/mol. The van der Waals surface area contributed by atoms with Gasteiger partial charge in [0.2, 0.25) is 11.9 Å². The number of benzene rings is 2. The zero-order valence-electron chi connectivity index (χ0n) is 12.3. The van der Waals surface area contributed by atoms with E-state index in [1.54, 1.807) is 42.5 Å². The van der Waals surface area contributed by atoms with Crippen LogP contribution >= 0.6 is 0 Å². The molecule has 0 spiro atoms. The molecule has 2 aromatic carbocycles. The van der Waals surface area contributed by atoms with Gasteiger partial charge in [0.05, 0.1) is 0 Å². The number of carbonyl (C=O) groups excluding carboxylic acids is 1. The number of nitrogens with one attached hydrogen (secondary N) is 1. The fourth-order valence-corrected chi connectivity index (χ4v) is 2.10. The molecule has 0 aliphatic heterocycles. The molecule has 1 aromatic heterocycles. The fourth-order valence-electron chi connectivity index (χ4n) is 2.10. The molecule has 0 fully saturated rings. The maximum atomic E-state index is 13.8. The number of rotatable bonds is 4. The van der Waals surface area contributed by atoms with Crippen LogP contribution in [-0.4, -0.2) is 20.5 Å². The number of hydrogen-bond acceptors (Lipinski definition) is 5. The minimum absolute atomic E-state index is 0.0113. The standard InChI is InChI=1S/C16H14FN5O/c1-10(23)11-6-8-12(9-7-11)19-16-20-15(18)22(21-16)14-5-3-2-4-13(14)17/h2-9H,1H3,(H3,18,19,20,21). The van der Waals surface area contributed by atoms with Crippen molar-refractivity contribution in [3.63, 3.8) is 0 Å². The van der Waals surface area contributed by atoms with Gasteiger partial charge in [-0.25, -0.2) is 4.39 Å². The average molecular weight is 311 g/mol. The monoisotopic (exact) mass is 311 g/mol. The molecule has 3 aromatic rings. The average Bonchev–Trinajstić information content (AvgIpc) is 2.88. The summed E-state index contributed by atoms with van der Waals surface area (Å²) in [7, 11) is 0. The molecular formula is C16H14FN5O. The summed E-state index contributed by atoms with van der Waals surface area (Å²) in [5, 5.41) is 7.12. The van der Waals surface area contributed by atoms with Crippen LogP contribution < -0.4 is 11.1 Å². The maximum absolute atomic E-state index is 13.8. The Bertz CT molecular complexity index is 857. The molecule has 3 N–H and O–H groups in total. The topological polar surface area (TPSA) is 85.8 Å². The number of nitrogen functional groups attached to an aromatic ring is 1. The molecule has 0 bridgehead atoms. The van der Waals surface area contributed by atoms with Crippen molar-refractivity contribution in [1.82, 2.24) is 14.8 Å². The van der Waals surface area contributed by atoms with Crippen LogP contribution in [0.2, 0.25) is 0 Å². The van der Waals surface area contributed by atoms with E-state index in [0.29, 0.717) is 11.3 Å². The molecule has 23 heavy (non-hydrogen) atoms. The number of nitrogens with zero attached hydrogens (tertiary/aromatic N) is 3. The van der Waals surface area contributed by atoms with Gasteiger partial charge in [0, 0.05) is 11.3 Å². The fraction of sp³-hybridized carbons (Fsp3) is 0.0625. The quantitative estimate of drug-likeness (QED) is 0.724. The lowest BCUT2D eigenvalue weighted by molar-refractivity contribution is 0.101. The molecule has 6 nitrogen and oxygen atoms in total. The zero-order valence-corrected chi connectivity index (χ0v) is 12.3. The molecule has 7 heteroatoms. The van der Waals surface area contributed by atoms with Crippen LogP contribution in [0.25, 0.3) is 5.69 Å². The van der Waals surface area contributed by atoms with Gasteiger partial charge in [0.1, 0.15) is 11.5 Å². The lowest BCUT2D eigenvalue weighted by atomic mass is 10.1. The number of aromatic nitrogens is 3. The number of Topliss-reactive ketones (excluding diaryl/α,β-unsaturated/α-hetero) is 1. The summed E-state index contributed by atoms with van der Waals surface area (Å²) < 4.78 is 15.0. The van der Waals surface area contributed by atoms with Crippen molar-refractivity contribution < 1.29 is 9.18 Å².